The quantitative estimate of drug-likeness (QED) is 0.0986. The number of thioether (sulfide) groups is 2. The first-order valence-electron chi connectivity index (χ1n) is 16.3. The van der Waals surface area contributed by atoms with Gasteiger partial charge in [-0.3, -0.25) is 9.59 Å². The number of rotatable bonds is 12. The Morgan fingerprint density at radius 2 is 1.80 bits per heavy atom. The van der Waals surface area contributed by atoms with Gasteiger partial charge in [0.25, 0.3) is 0 Å². The fourth-order valence-corrected chi connectivity index (χ4v) is 10.5. The zero-order chi connectivity index (χ0) is 33.0. The number of carbonyl (C=O) groups excluding carboxylic acids is 3. The Bertz CT molecular complexity index is 1420. The lowest BCUT2D eigenvalue weighted by atomic mass is 9.94. The molecular weight excluding hydrogens is 643 g/mol. The van der Waals surface area contributed by atoms with E-state index in [4.69, 9.17) is 14.2 Å². The molecule has 1 amide bonds. The van der Waals surface area contributed by atoms with Crippen LogP contribution in [0.1, 0.15) is 100 Å². The van der Waals surface area contributed by atoms with Gasteiger partial charge >= 0.3 is 5.97 Å². The van der Waals surface area contributed by atoms with Gasteiger partial charge in [-0.15, -0.1) is 11.8 Å². The second kappa shape index (κ2) is 15.3. The summed E-state index contributed by atoms with van der Waals surface area (Å²) in [6, 6.07) is 12.6. The highest BCUT2D eigenvalue weighted by Gasteiger charge is 2.62. The van der Waals surface area contributed by atoms with Crippen molar-refractivity contribution in [3.05, 3.63) is 59.2 Å². The molecule has 46 heavy (non-hydrogen) atoms. The minimum atomic E-state index is -0.743. The molecule has 0 aliphatic carbocycles. The molecule has 0 saturated carbocycles. The maximum Gasteiger partial charge on any atom is 0.340 e. The fraction of sp³-hybridized carbons (Fsp3) is 0.571. The first kappa shape index (κ1) is 35.0. The van der Waals surface area contributed by atoms with Crippen LogP contribution >= 0.6 is 23.5 Å². The molecule has 4 aliphatic rings. The maximum absolute atomic E-state index is 12.9. The topological polar surface area (TPSA) is 105 Å². The lowest BCUT2D eigenvalue weighted by molar-refractivity contribution is -0.154. The Morgan fingerprint density at radius 3 is 2.59 bits per heavy atom. The summed E-state index contributed by atoms with van der Waals surface area (Å²) in [5, 5.41) is 0.140. The minimum absolute atomic E-state index is 0.0286. The number of benzene rings is 2. The van der Waals surface area contributed by atoms with Crippen LogP contribution in [0.3, 0.4) is 0 Å². The van der Waals surface area contributed by atoms with Crippen molar-refractivity contribution < 1.29 is 33.1 Å². The van der Waals surface area contributed by atoms with Crippen LogP contribution in [0.25, 0.3) is 0 Å². The first-order valence-corrected chi connectivity index (χ1v) is 19.4. The summed E-state index contributed by atoms with van der Waals surface area (Å²) in [6.07, 6.45) is 8.32. The third kappa shape index (κ3) is 7.69. The number of cyclic esters (lactones) is 1. The number of β-lactam (4-membered cyclic amide) rings is 1. The van der Waals surface area contributed by atoms with E-state index in [0.717, 1.165) is 47.4 Å². The van der Waals surface area contributed by atoms with Crippen molar-refractivity contribution in [1.29, 1.82) is 0 Å². The molecule has 6 atom stereocenters. The van der Waals surface area contributed by atoms with Crippen molar-refractivity contribution in [3.63, 3.8) is 0 Å². The number of hydrogen-bond acceptors (Lipinski definition) is 9. The number of esters is 1. The van der Waals surface area contributed by atoms with Gasteiger partial charge in [-0.2, -0.15) is 0 Å². The summed E-state index contributed by atoms with van der Waals surface area (Å²) in [4.78, 5) is 38.8. The molecular formula is C35H45NO7S3. The van der Waals surface area contributed by atoms with Crippen molar-refractivity contribution >= 4 is 51.7 Å². The highest BCUT2D eigenvalue weighted by molar-refractivity contribution is 8.14. The molecule has 11 heteroatoms. The summed E-state index contributed by atoms with van der Waals surface area (Å²) in [5.74, 6) is 2.04. The van der Waals surface area contributed by atoms with Gasteiger partial charge in [0.05, 0.1) is 16.9 Å². The average molecular weight is 688 g/mol. The number of ether oxygens (including phenoxy) is 3. The standard InChI is InChI=1S/C18H28O3S.C17H17NO4S2/c1-3-4-5-6-7-8-11-22(19)15(2)12-16-9-10-17-18(13-16)21-14-20-17;1-8-12(19)18-11(17(2,3)24-13(8)18)15(21)23-16-10-7-5-4-6-9(10)14(20)22-16/h9-10,13,15H,3-8,11-12,14H2,1-2H3;4-8,11,13,16H,1-3H3/t;8-,11+,13-,16?/m.1/s1. The van der Waals surface area contributed by atoms with E-state index in [9.17, 15) is 18.9 Å². The zero-order valence-electron chi connectivity index (χ0n) is 27.3. The van der Waals surface area contributed by atoms with Crippen LogP contribution in [0.5, 0.6) is 11.5 Å². The maximum atomic E-state index is 12.9. The molecule has 0 N–H and O–H groups in total. The highest BCUT2D eigenvalue weighted by atomic mass is 32.2. The van der Waals surface area contributed by atoms with Gasteiger partial charge < -0.3 is 23.7 Å². The second-order valence-electron chi connectivity index (χ2n) is 12.9. The van der Waals surface area contributed by atoms with Crippen molar-refractivity contribution in [2.75, 3.05) is 12.5 Å². The van der Waals surface area contributed by atoms with Crippen molar-refractivity contribution in [2.45, 2.75) is 106 Å². The zero-order valence-corrected chi connectivity index (χ0v) is 29.8. The van der Waals surface area contributed by atoms with E-state index < -0.39 is 28.6 Å². The van der Waals surface area contributed by atoms with Gasteiger partial charge in [0.2, 0.25) is 17.8 Å². The van der Waals surface area contributed by atoms with E-state index in [1.165, 1.54) is 37.7 Å². The SMILES string of the molecule is CCCCCCCC[S+]([O-])C(C)Cc1ccc2c(c1)OCO2.C[C@@H]1C(=O)N2[C@@H]1SC(C)(C)[C@@H]2C(=O)SC1OC(=O)c2ccccc21. The van der Waals surface area contributed by atoms with Gasteiger partial charge in [-0.05, 0) is 69.1 Å². The molecule has 0 aromatic heterocycles. The molecule has 2 saturated heterocycles. The number of hydrogen-bond donors (Lipinski definition) is 0. The predicted molar refractivity (Wildman–Crippen MR) is 185 cm³/mol. The van der Waals surface area contributed by atoms with Crippen molar-refractivity contribution in [3.8, 4) is 11.5 Å². The van der Waals surface area contributed by atoms with Crippen molar-refractivity contribution in [1.82, 2.24) is 4.90 Å². The van der Waals surface area contributed by atoms with E-state index in [1.54, 1.807) is 34.9 Å². The van der Waals surface area contributed by atoms with Gasteiger partial charge in [-0.25, -0.2) is 4.79 Å². The summed E-state index contributed by atoms with van der Waals surface area (Å²) < 4.78 is 28.0. The predicted octanol–water partition coefficient (Wildman–Crippen LogP) is 7.27. The van der Waals surface area contributed by atoms with Crippen molar-refractivity contribution in [2.24, 2.45) is 5.92 Å². The summed E-state index contributed by atoms with van der Waals surface area (Å²) >= 11 is 1.94. The van der Waals surface area contributed by atoms with Gasteiger partial charge in [0.15, 0.2) is 16.9 Å². The van der Waals surface area contributed by atoms with Crippen LogP contribution in [0.15, 0.2) is 42.5 Å². The minimum Gasteiger partial charge on any atom is -0.616 e. The summed E-state index contributed by atoms with van der Waals surface area (Å²) in [7, 11) is 0. The third-order valence-electron chi connectivity index (χ3n) is 8.91. The van der Waals surface area contributed by atoms with E-state index in [-0.39, 0.29) is 32.3 Å². The van der Waals surface area contributed by atoms with E-state index in [2.05, 4.69) is 13.8 Å². The molecule has 0 spiro atoms. The third-order valence-corrected chi connectivity index (χ3v) is 13.4. The highest BCUT2D eigenvalue weighted by Crippen LogP contribution is 2.55. The number of carbonyl (C=O) groups is 3. The van der Waals surface area contributed by atoms with E-state index in [0.29, 0.717) is 12.4 Å². The molecule has 4 aliphatic heterocycles. The van der Waals surface area contributed by atoms with Crippen LogP contribution in [0, 0.1) is 5.92 Å². The van der Waals surface area contributed by atoms with Gasteiger partial charge in [0.1, 0.15) is 17.0 Å². The first-order chi connectivity index (χ1) is 22.0. The van der Waals surface area contributed by atoms with Crippen LogP contribution in [-0.4, -0.2) is 60.4 Å². The normalized spacial score (nSPS) is 24.7. The number of unbranched alkanes of at least 4 members (excludes halogenated alkanes) is 5. The monoisotopic (exact) mass is 687 g/mol. The smallest absolute Gasteiger partial charge is 0.340 e. The Labute approximate surface area is 284 Å². The van der Waals surface area contributed by atoms with Gasteiger partial charge in [-0.1, -0.05) is 75.0 Å². The molecule has 2 fully saturated rings. The van der Waals surface area contributed by atoms with Crippen LogP contribution in [-0.2, 0) is 31.9 Å². The lowest BCUT2D eigenvalue weighted by Crippen LogP contribution is -2.61. The largest absolute Gasteiger partial charge is 0.616 e. The van der Waals surface area contributed by atoms with E-state index >= 15 is 0 Å². The molecule has 6 rings (SSSR count). The number of fused-ring (bicyclic) bond motifs is 3. The van der Waals surface area contributed by atoms with Crippen LogP contribution < -0.4 is 9.47 Å². The summed E-state index contributed by atoms with van der Waals surface area (Å²) in [5.41, 5.74) is 1.78. The molecule has 3 unspecified atom stereocenters. The average Bonchev–Trinajstić information content (AvgIpc) is 3.71. The fourth-order valence-electron chi connectivity index (χ4n) is 6.27. The molecule has 2 aromatic carbocycles. The molecule has 0 radical (unpaired) electrons. The van der Waals surface area contributed by atoms with Crippen LogP contribution in [0.4, 0.5) is 0 Å². The van der Waals surface area contributed by atoms with Crippen LogP contribution in [0.2, 0.25) is 0 Å². The Hall–Kier alpha value is -2.34. The molecule has 4 heterocycles. The summed E-state index contributed by atoms with van der Waals surface area (Å²) in [6.45, 7) is 10.5. The Morgan fingerprint density at radius 1 is 1.09 bits per heavy atom. The molecule has 2 aromatic rings. The molecule has 0 bridgehead atoms. The lowest BCUT2D eigenvalue weighted by Gasteiger charge is -2.42. The Balaban J connectivity index is 0.000000182. The molecule has 250 valence electrons. The second-order valence-corrected chi connectivity index (χ2v) is 17.7. The molecule has 8 nitrogen and oxygen atoms in total. The van der Waals surface area contributed by atoms with Gasteiger partial charge in [0, 0.05) is 16.7 Å². The Kier molecular flexibility index (Phi) is 11.6. The number of amides is 1. The number of nitrogens with zero attached hydrogens (tertiary/aromatic N) is 1. The van der Waals surface area contributed by atoms with E-state index in [1.807, 2.05) is 45.0 Å².